The molecule has 7 nitrogen and oxygen atoms in total. The number of amides is 1. The van der Waals surface area contributed by atoms with Gasteiger partial charge in [-0.05, 0) is 59.6 Å². The number of benzene rings is 2. The Hall–Kier alpha value is -3.27. The highest BCUT2D eigenvalue weighted by molar-refractivity contribution is 7.91. The van der Waals surface area contributed by atoms with Crippen LogP contribution in [-0.2, 0) is 40.3 Å². The van der Waals surface area contributed by atoms with E-state index in [0.29, 0.717) is 16.6 Å². The van der Waals surface area contributed by atoms with Crippen LogP contribution in [0.4, 0.5) is 18.3 Å². The summed E-state index contributed by atoms with van der Waals surface area (Å²) < 4.78 is 66.9. The summed E-state index contributed by atoms with van der Waals surface area (Å²) in [7, 11) is -3.39. The lowest BCUT2D eigenvalue weighted by atomic mass is 9.95. The van der Waals surface area contributed by atoms with Crippen molar-refractivity contribution in [1.82, 2.24) is 9.88 Å². The predicted molar refractivity (Wildman–Crippen MR) is 163 cm³/mol. The Bertz CT molecular complexity index is 1700. The zero-order valence-corrected chi connectivity index (χ0v) is 26.5. The second kappa shape index (κ2) is 12.6. The van der Waals surface area contributed by atoms with E-state index in [0.717, 1.165) is 53.4 Å². The van der Waals surface area contributed by atoms with Crippen molar-refractivity contribution in [3.63, 3.8) is 0 Å². The number of sulfone groups is 1. The van der Waals surface area contributed by atoms with Gasteiger partial charge in [0, 0.05) is 18.0 Å². The Morgan fingerprint density at radius 1 is 1.18 bits per heavy atom. The molecule has 5 rings (SSSR count). The largest absolute Gasteiger partial charge is 0.416 e. The quantitative estimate of drug-likeness (QED) is 0.261. The van der Waals surface area contributed by atoms with Crippen LogP contribution in [0.2, 0.25) is 0 Å². The van der Waals surface area contributed by atoms with Gasteiger partial charge in [-0.2, -0.15) is 18.4 Å². The van der Waals surface area contributed by atoms with Crippen LogP contribution in [0.3, 0.4) is 0 Å². The minimum Gasteiger partial charge on any atom is -0.302 e. The Morgan fingerprint density at radius 3 is 2.55 bits per heavy atom. The molecule has 0 unspecified atom stereocenters. The van der Waals surface area contributed by atoms with Crippen LogP contribution in [0.1, 0.15) is 96.8 Å². The second-order valence-electron chi connectivity index (χ2n) is 11.9. The summed E-state index contributed by atoms with van der Waals surface area (Å²) in [6.07, 6.45) is -0.539. The molecule has 1 N–H and O–H groups in total. The van der Waals surface area contributed by atoms with E-state index in [1.807, 2.05) is 24.8 Å². The fourth-order valence-corrected chi connectivity index (χ4v) is 8.64. The number of hydrogen-bond acceptors (Lipinski definition) is 7. The van der Waals surface area contributed by atoms with Gasteiger partial charge < -0.3 is 5.32 Å². The van der Waals surface area contributed by atoms with Crippen LogP contribution < -0.4 is 5.32 Å². The maximum absolute atomic E-state index is 13.8. The van der Waals surface area contributed by atoms with E-state index in [-0.39, 0.29) is 53.6 Å². The molecule has 1 amide bonds. The second-order valence-corrected chi connectivity index (χ2v) is 15.2. The first-order chi connectivity index (χ1) is 20.8. The predicted octanol–water partition coefficient (Wildman–Crippen LogP) is 7.38. The highest BCUT2D eigenvalue weighted by Gasteiger charge is 2.39. The number of aromatic nitrogens is 1. The molecule has 0 bridgehead atoms. The van der Waals surface area contributed by atoms with Gasteiger partial charge in [0.2, 0.25) is 5.91 Å². The van der Waals surface area contributed by atoms with E-state index in [9.17, 15) is 26.4 Å². The van der Waals surface area contributed by atoms with Gasteiger partial charge in [0.15, 0.2) is 15.0 Å². The van der Waals surface area contributed by atoms with E-state index in [1.54, 1.807) is 25.1 Å². The number of halogens is 3. The first kappa shape index (κ1) is 32.1. The zero-order chi connectivity index (χ0) is 31.8. The van der Waals surface area contributed by atoms with E-state index < -0.39 is 21.6 Å². The highest BCUT2D eigenvalue weighted by Crippen LogP contribution is 2.44. The monoisotopic (exact) mass is 644 g/mol. The highest BCUT2D eigenvalue weighted by atomic mass is 32.2. The van der Waals surface area contributed by atoms with Gasteiger partial charge in [-0.25, -0.2) is 13.4 Å². The normalized spacial score (nSPS) is 17.6. The lowest BCUT2D eigenvalue weighted by molar-refractivity contribution is -0.138. The topological polar surface area (TPSA) is 103 Å². The minimum absolute atomic E-state index is 0.0209. The molecule has 2 heterocycles. The molecule has 1 fully saturated rings. The summed E-state index contributed by atoms with van der Waals surface area (Å²) in [5, 5.41) is 12.4. The molecule has 1 aliphatic carbocycles. The number of hydrogen-bond donors (Lipinski definition) is 1. The fraction of sp³-hybridized carbons (Fsp3) is 0.469. The molecule has 234 valence electrons. The third kappa shape index (κ3) is 6.70. The number of nitrogens with one attached hydrogen (secondary N) is 1. The number of fused-ring (bicyclic) bond motifs is 1. The molecule has 1 aliphatic heterocycles. The third-order valence-corrected chi connectivity index (χ3v) is 11.3. The van der Waals surface area contributed by atoms with Gasteiger partial charge >= 0.3 is 6.18 Å². The van der Waals surface area contributed by atoms with Gasteiger partial charge in [0.05, 0.1) is 46.0 Å². The van der Waals surface area contributed by atoms with Crippen molar-refractivity contribution in [2.24, 2.45) is 5.92 Å². The molecule has 0 saturated heterocycles. The van der Waals surface area contributed by atoms with Crippen molar-refractivity contribution in [3.05, 3.63) is 74.8 Å². The number of anilines is 1. The lowest BCUT2D eigenvalue weighted by Crippen LogP contribution is -2.27. The molecular formula is C32H35F3N4O3S2. The Kier molecular flexibility index (Phi) is 9.21. The molecular weight excluding hydrogens is 610 g/mol. The summed E-state index contributed by atoms with van der Waals surface area (Å²) in [5.41, 5.74) is 1.53. The molecule has 1 atom stereocenters. The van der Waals surface area contributed by atoms with Crippen LogP contribution in [0, 0.1) is 17.2 Å². The number of carbonyl (C=O) groups is 1. The summed E-state index contributed by atoms with van der Waals surface area (Å²) in [6, 6.07) is 10.4. The number of carbonyl (C=O) groups excluding carboxylic acids is 1. The molecule has 1 aromatic heterocycles. The van der Waals surface area contributed by atoms with Gasteiger partial charge in [-0.3, -0.25) is 9.69 Å². The Morgan fingerprint density at radius 2 is 1.91 bits per heavy atom. The Labute approximate surface area is 260 Å². The van der Waals surface area contributed by atoms with E-state index in [4.69, 9.17) is 10.2 Å². The van der Waals surface area contributed by atoms with Crippen LogP contribution in [-0.4, -0.2) is 30.0 Å². The molecule has 2 aromatic carbocycles. The van der Waals surface area contributed by atoms with Gasteiger partial charge in [-0.15, -0.1) is 11.3 Å². The summed E-state index contributed by atoms with van der Waals surface area (Å²) in [4.78, 5) is 21.0. The molecule has 0 spiro atoms. The first-order valence-corrected chi connectivity index (χ1v) is 17.3. The van der Waals surface area contributed by atoms with Crippen molar-refractivity contribution in [2.45, 2.75) is 89.0 Å². The number of nitrogens with zero attached hydrogens (tertiary/aromatic N) is 3. The number of thiazole rings is 1. The molecule has 1 saturated carbocycles. The third-order valence-electron chi connectivity index (χ3n) is 8.49. The summed E-state index contributed by atoms with van der Waals surface area (Å²) in [5.74, 6) is -0.0380. The standard InChI is InChI=1S/C32H35F3N4O3S2/c1-4-44(41,42)27-12-10-20(13-24(27)22-7-5-6-8-22)15-28(40)37-31-38-29-26(43-31)18-39(30(29)19(2)3)17-23-11-9-21(16-36)14-25(23)32(33,34)35/h9-14,19,22,30H,4-8,15,17-18H2,1-3H3,(H,37,38,40)/t30-/m0/s1. The van der Waals surface area contributed by atoms with Gasteiger partial charge in [-0.1, -0.05) is 51.8 Å². The SMILES string of the molecule is CCS(=O)(=O)c1ccc(CC(=O)Nc2nc3c(s2)CN(Cc2ccc(C#N)cc2C(F)(F)F)[C@H]3C(C)C)cc1C1CCCC1. The smallest absolute Gasteiger partial charge is 0.302 e. The van der Waals surface area contributed by atoms with Crippen LogP contribution in [0.5, 0.6) is 0 Å². The maximum atomic E-state index is 13.8. The average Bonchev–Trinajstić information content (AvgIpc) is 3.69. The van der Waals surface area contributed by atoms with Crippen molar-refractivity contribution in [1.29, 1.82) is 5.26 Å². The lowest BCUT2D eigenvalue weighted by Gasteiger charge is -2.28. The van der Waals surface area contributed by atoms with Crippen LogP contribution >= 0.6 is 11.3 Å². The summed E-state index contributed by atoms with van der Waals surface area (Å²) in [6.45, 7) is 6.04. The molecule has 0 radical (unpaired) electrons. The van der Waals surface area contributed by atoms with Crippen molar-refractivity contribution >= 4 is 32.2 Å². The van der Waals surface area contributed by atoms with E-state index in [2.05, 4.69) is 5.32 Å². The van der Waals surface area contributed by atoms with Crippen molar-refractivity contribution in [2.75, 3.05) is 11.1 Å². The van der Waals surface area contributed by atoms with Gasteiger partial charge in [0.1, 0.15) is 0 Å². The van der Waals surface area contributed by atoms with Crippen molar-refractivity contribution in [3.8, 4) is 6.07 Å². The summed E-state index contributed by atoms with van der Waals surface area (Å²) >= 11 is 1.32. The number of nitriles is 1. The number of rotatable bonds is 9. The first-order valence-electron chi connectivity index (χ1n) is 14.8. The zero-order valence-electron chi connectivity index (χ0n) is 24.9. The molecule has 3 aromatic rings. The maximum Gasteiger partial charge on any atom is 0.416 e. The van der Waals surface area contributed by atoms with Crippen LogP contribution in [0.15, 0.2) is 41.3 Å². The number of alkyl halides is 3. The van der Waals surface area contributed by atoms with E-state index >= 15 is 0 Å². The van der Waals surface area contributed by atoms with E-state index in [1.165, 1.54) is 23.5 Å². The van der Waals surface area contributed by atoms with Crippen LogP contribution in [0.25, 0.3) is 0 Å². The van der Waals surface area contributed by atoms with Gasteiger partial charge in [0.25, 0.3) is 0 Å². The molecule has 44 heavy (non-hydrogen) atoms. The Balaban J connectivity index is 1.32. The minimum atomic E-state index is -4.59. The average molecular weight is 645 g/mol. The fourth-order valence-electron chi connectivity index (χ4n) is 6.43. The van der Waals surface area contributed by atoms with Crippen molar-refractivity contribution < 1.29 is 26.4 Å². The molecule has 2 aliphatic rings. The molecule has 12 heteroatoms.